The molecule has 1 aliphatic heterocycles. The lowest BCUT2D eigenvalue weighted by Gasteiger charge is -2.35. The predicted molar refractivity (Wildman–Crippen MR) is 95.9 cm³/mol. The summed E-state index contributed by atoms with van der Waals surface area (Å²) in [6.45, 7) is 2.00. The highest BCUT2D eigenvalue weighted by molar-refractivity contribution is 5.89. The third-order valence-corrected chi connectivity index (χ3v) is 4.51. The Balaban J connectivity index is 1.78. The zero-order chi connectivity index (χ0) is 17.6. The number of hydrogen-bond acceptors (Lipinski definition) is 4. The number of carbonyl (C=O) groups excluding carboxylic acids is 2. The van der Waals surface area contributed by atoms with E-state index >= 15 is 0 Å². The third kappa shape index (κ3) is 4.15. The maximum absolute atomic E-state index is 12.3. The standard InChI is InChI=1S/C19H23N3O3/c23-11-9-20-18(24)12-17-19(25)21-8-10-22(17)13-15-6-3-5-14-4-1-2-7-16(14)15/h1-7,17,23H,8-13H2,(H,20,24)(H,21,25). The van der Waals surface area contributed by atoms with Crippen LogP contribution < -0.4 is 10.6 Å². The Morgan fingerprint density at radius 3 is 2.88 bits per heavy atom. The van der Waals surface area contributed by atoms with Crippen molar-refractivity contribution >= 4 is 22.6 Å². The summed E-state index contributed by atoms with van der Waals surface area (Å²) in [5, 5.41) is 16.6. The van der Waals surface area contributed by atoms with Gasteiger partial charge in [-0.1, -0.05) is 42.5 Å². The van der Waals surface area contributed by atoms with Gasteiger partial charge >= 0.3 is 0 Å². The maximum Gasteiger partial charge on any atom is 0.237 e. The van der Waals surface area contributed by atoms with E-state index in [0.717, 1.165) is 5.56 Å². The van der Waals surface area contributed by atoms with E-state index in [4.69, 9.17) is 5.11 Å². The fourth-order valence-electron chi connectivity index (χ4n) is 3.27. The quantitative estimate of drug-likeness (QED) is 0.720. The van der Waals surface area contributed by atoms with Crippen molar-refractivity contribution < 1.29 is 14.7 Å². The van der Waals surface area contributed by atoms with Crippen LogP contribution in [0.15, 0.2) is 42.5 Å². The zero-order valence-corrected chi connectivity index (χ0v) is 14.1. The molecular weight excluding hydrogens is 318 g/mol. The molecule has 0 aromatic heterocycles. The average Bonchev–Trinajstić information content (AvgIpc) is 2.63. The van der Waals surface area contributed by atoms with Gasteiger partial charge < -0.3 is 15.7 Å². The van der Waals surface area contributed by atoms with Crippen LogP contribution in [0.3, 0.4) is 0 Å². The van der Waals surface area contributed by atoms with Gasteiger partial charge in [0.15, 0.2) is 0 Å². The Morgan fingerprint density at radius 1 is 1.24 bits per heavy atom. The molecule has 1 aliphatic rings. The van der Waals surface area contributed by atoms with E-state index in [-0.39, 0.29) is 31.4 Å². The fourth-order valence-corrected chi connectivity index (χ4v) is 3.27. The lowest BCUT2D eigenvalue weighted by molar-refractivity contribution is -0.134. The minimum atomic E-state index is -0.494. The molecule has 6 nitrogen and oxygen atoms in total. The second-order valence-corrected chi connectivity index (χ2v) is 6.19. The molecule has 1 unspecified atom stereocenters. The Bertz CT molecular complexity index is 757. The van der Waals surface area contributed by atoms with Crippen molar-refractivity contribution in [1.82, 2.24) is 15.5 Å². The molecule has 0 radical (unpaired) electrons. The predicted octanol–water partition coefficient (Wildman–Crippen LogP) is 0.639. The Morgan fingerprint density at radius 2 is 2.04 bits per heavy atom. The second-order valence-electron chi connectivity index (χ2n) is 6.19. The van der Waals surface area contributed by atoms with Crippen LogP contribution in [0.2, 0.25) is 0 Å². The van der Waals surface area contributed by atoms with Crippen molar-refractivity contribution in [1.29, 1.82) is 0 Å². The van der Waals surface area contributed by atoms with E-state index in [9.17, 15) is 9.59 Å². The van der Waals surface area contributed by atoms with Crippen molar-refractivity contribution in [2.45, 2.75) is 19.0 Å². The van der Waals surface area contributed by atoms with Gasteiger partial charge in [-0.3, -0.25) is 14.5 Å². The molecule has 1 fully saturated rings. The molecule has 2 aromatic carbocycles. The Hall–Kier alpha value is -2.44. The number of benzene rings is 2. The minimum absolute atomic E-state index is 0.0938. The van der Waals surface area contributed by atoms with Gasteiger partial charge in [0.25, 0.3) is 0 Å². The smallest absolute Gasteiger partial charge is 0.237 e. The normalized spacial score (nSPS) is 18.1. The number of piperazine rings is 1. The molecule has 25 heavy (non-hydrogen) atoms. The molecule has 0 spiro atoms. The third-order valence-electron chi connectivity index (χ3n) is 4.51. The summed E-state index contributed by atoms with van der Waals surface area (Å²) >= 11 is 0. The number of nitrogens with one attached hydrogen (secondary N) is 2. The molecular formula is C19H23N3O3. The number of hydrogen-bond donors (Lipinski definition) is 3. The molecule has 132 valence electrons. The van der Waals surface area contributed by atoms with Crippen LogP contribution in [0.25, 0.3) is 10.8 Å². The largest absolute Gasteiger partial charge is 0.395 e. The molecule has 6 heteroatoms. The van der Waals surface area contributed by atoms with Crippen molar-refractivity contribution in [3.8, 4) is 0 Å². The molecule has 0 aliphatic carbocycles. The number of fused-ring (bicyclic) bond motifs is 1. The topological polar surface area (TPSA) is 81.7 Å². The monoisotopic (exact) mass is 341 g/mol. The van der Waals surface area contributed by atoms with E-state index < -0.39 is 6.04 Å². The van der Waals surface area contributed by atoms with E-state index in [0.29, 0.717) is 19.6 Å². The highest BCUT2D eigenvalue weighted by atomic mass is 16.3. The van der Waals surface area contributed by atoms with Crippen LogP contribution >= 0.6 is 0 Å². The van der Waals surface area contributed by atoms with Crippen LogP contribution in [-0.4, -0.2) is 54.1 Å². The SMILES string of the molecule is O=C(CC1C(=O)NCCN1Cc1cccc2ccccc12)NCCO. The average molecular weight is 341 g/mol. The number of aliphatic hydroxyl groups excluding tert-OH is 1. The lowest BCUT2D eigenvalue weighted by Crippen LogP contribution is -2.56. The Kier molecular flexibility index (Phi) is 5.63. The summed E-state index contributed by atoms with van der Waals surface area (Å²) in [4.78, 5) is 26.3. The number of amides is 2. The van der Waals surface area contributed by atoms with E-state index in [1.807, 2.05) is 18.2 Å². The minimum Gasteiger partial charge on any atom is -0.395 e. The van der Waals surface area contributed by atoms with Crippen LogP contribution in [-0.2, 0) is 16.1 Å². The van der Waals surface area contributed by atoms with Crippen molar-refractivity contribution in [2.75, 3.05) is 26.2 Å². The Labute approximate surface area is 146 Å². The van der Waals surface area contributed by atoms with Crippen molar-refractivity contribution in [3.05, 3.63) is 48.0 Å². The van der Waals surface area contributed by atoms with E-state index in [1.54, 1.807) is 0 Å². The lowest BCUT2D eigenvalue weighted by atomic mass is 10.0. The van der Waals surface area contributed by atoms with Gasteiger partial charge in [0, 0.05) is 26.2 Å². The highest BCUT2D eigenvalue weighted by Crippen LogP contribution is 2.22. The number of nitrogens with zero attached hydrogens (tertiary/aromatic N) is 1. The van der Waals surface area contributed by atoms with Gasteiger partial charge in [-0.2, -0.15) is 0 Å². The molecule has 0 bridgehead atoms. The molecule has 2 aromatic rings. The van der Waals surface area contributed by atoms with Gasteiger partial charge in [-0.05, 0) is 16.3 Å². The summed E-state index contributed by atoms with van der Waals surface area (Å²) in [7, 11) is 0. The number of rotatable bonds is 6. The summed E-state index contributed by atoms with van der Waals surface area (Å²) < 4.78 is 0. The van der Waals surface area contributed by atoms with Crippen molar-refractivity contribution in [3.63, 3.8) is 0 Å². The second kappa shape index (κ2) is 8.09. The zero-order valence-electron chi connectivity index (χ0n) is 14.1. The number of carbonyl (C=O) groups is 2. The summed E-state index contributed by atoms with van der Waals surface area (Å²) in [6.07, 6.45) is 0.0938. The summed E-state index contributed by atoms with van der Waals surface area (Å²) in [5.74, 6) is -0.343. The van der Waals surface area contributed by atoms with Gasteiger partial charge in [-0.25, -0.2) is 0 Å². The van der Waals surface area contributed by atoms with Gasteiger partial charge in [0.1, 0.15) is 0 Å². The van der Waals surface area contributed by atoms with Crippen LogP contribution in [0.5, 0.6) is 0 Å². The molecule has 1 heterocycles. The molecule has 1 saturated heterocycles. The molecule has 3 rings (SSSR count). The first-order chi connectivity index (χ1) is 12.2. The van der Waals surface area contributed by atoms with Gasteiger partial charge in [-0.15, -0.1) is 0 Å². The number of aliphatic hydroxyl groups is 1. The molecule has 0 saturated carbocycles. The van der Waals surface area contributed by atoms with Crippen LogP contribution in [0.4, 0.5) is 0 Å². The van der Waals surface area contributed by atoms with Crippen LogP contribution in [0, 0.1) is 0 Å². The summed E-state index contributed by atoms with van der Waals surface area (Å²) in [5.41, 5.74) is 1.15. The van der Waals surface area contributed by atoms with E-state index in [2.05, 4.69) is 39.8 Å². The maximum atomic E-state index is 12.3. The highest BCUT2D eigenvalue weighted by Gasteiger charge is 2.31. The first kappa shape index (κ1) is 17.4. The fraction of sp³-hybridized carbons (Fsp3) is 0.368. The summed E-state index contributed by atoms with van der Waals surface area (Å²) in [6, 6.07) is 13.8. The molecule has 1 atom stereocenters. The molecule has 2 amide bonds. The van der Waals surface area contributed by atoms with E-state index in [1.165, 1.54) is 10.8 Å². The van der Waals surface area contributed by atoms with Crippen LogP contribution in [0.1, 0.15) is 12.0 Å². The van der Waals surface area contributed by atoms with Gasteiger partial charge in [0.2, 0.25) is 11.8 Å². The first-order valence-corrected chi connectivity index (χ1v) is 8.55. The van der Waals surface area contributed by atoms with Crippen molar-refractivity contribution in [2.24, 2.45) is 0 Å². The van der Waals surface area contributed by atoms with Gasteiger partial charge in [0.05, 0.1) is 19.1 Å². The molecule has 3 N–H and O–H groups in total. The first-order valence-electron chi connectivity index (χ1n) is 8.55.